The van der Waals surface area contributed by atoms with Gasteiger partial charge < -0.3 is 4.74 Å². The Morgan fingerprint density at radius 3 is 1.60 bits per heavy atom. The van der Waals surface area contributed by atoms with E-state index < -0.39 is 0 Å². The highest BCUT2D eigenvalue weighted by Gasteiger charge is 2.46. The van der Waals surface area contributed by atoms with Crippen LogP contribution in [0.4, 0.5) is 0 Å². The second-order valence-electron chi connectivity index (χ2n) is 8.13. The van der Waals surface area contributed by atoms with Crippen LogP contribution in [0.1, 0.15) is 34.5 Å². The Kier molecular flexibility index (Phi) is 3.30. The highest BCUT2D eigenvalue weighted by Crippen LogP contribution is 2.63. The van der Waals surface area contributed by atoms with Gasteiger partial charge in [0.05, 0.1) is 0 Å². The van der Waals surface area contributed by atoms with Gasteiger partial charge in [0, 0.05) is 5.02 Å². The molecule has 0 aromatic heterocycles. The predicted molar refractivity (Wildman–Crippen MR) is 122 cm³/mol. The average molecular weight is 405 g/mol. The molecule has 2 atom stereocenters. The molecular formula is C28H17ClO. The van der Waals surface area contributed by atoms with Crippen molar-refractivity contribution in [2.24, 2.45) is 0 Å². The largest absolute Gasteiger partial charge is 0.356 e. The van der Waals surface area contributed by atoms with E-state index in [0.29, 0.717) is 0 Å². The molecule has 4 aromatic rings. The maximum atomic E-state index is 6.64. The van der Waals surface area contributed by atoms with Crippen LogP contribution in [-0.4, -0.2) is 0 Å². The fourth-order valence-corrected chi connectivity index (χ4v) is 5.63. The molecule has 4 aromatic carbocycles. The molecule has 2 heterocycles. The van der Waals surface area contributed by atoms with Crippen molar-refractivity contribution in [2.45, 2.75) is 12.2 Å². The first-order valence-electron chi connectivity index (χ1n) is 10.3. The van der Waals surface area contributed by atoms with Gasteiger partial charge in [-0.05, 0) is 67.8 Å². The van der Waals surface area contributed by atoms with E-state index in [9.17, 15) is 0 Å². The number of benzene rings is 4. The van der Waals surface area contributed by atoms with Crippen molar-refractivity contribution in [2.75, 3.05) is 0 Å². The van der Waals surface area contributed by atoms with E-state index in [-0.39, 0.29) is 12.2 Å². The molecule has 0 saturated heterocycles. The zero-order valence-electron chi connectivity index (χ0n) is 16.1. The van der Waals surface area contributed by atoms with Gasteiger partial charge in [0.25, 0.3) is 0 Å². The maximum Gasteiger partial charge on any atom is 0.110 e. The molecule has 2 aliphatic heterocycles. The summed E-state index contributed by atoms with van der Waals surface area (Å²) in [6, 6.07) is 32.3. The Balaban J connectivity index is 1.65. The van der Waals surface area contributed by atoms with Crippen LogP contribution in [-0.2, 0) is 4.74 Å². The fourth-order valence-electron chi connectivity index (χ4n) is 5.45. The molecule has 7 rings (SSSR count). The summed E-state index contributed by atoms with van der Waals surface area (Å²) in [6.45, 7) is 0. The molecule has 0 spiro atoms. The molecule has 0 amide bonds. The molecular weight excluding hydrogens is 388 g/mol. The van der Waals surface area contributed by atoms with Gasteiger partial charge in [-0.1, -0.05) is 90.5 Å². The van der Waals surface area contributed by atoms with Crippen LogP contribution < -0.4 is 0 Å². The summed E-state index contributed by atoms with van der Waals surface area (Å²) in [4.78, 5) is 0. The Morgan fingerprint density at radius 1 is 0.500 bits per heavy atom. The van der Waals surface area contributed by atoms with E-state index in [0.717, 1.165) is 5.02 Å². The minimum atomic E-state index is -0.0422. The molecule has 0 saturated carbocycles. The number of hydrogen-bond acceptors (Lipinski definition) is 1. The zero-order chi connectivity index (χ0) is 19.8. The predicted octanol–water partition coefficient (Wildman–Crippen LogP) is 7.72. The van der Waals surface area contributed by atoms with Gasteiger partial charge in [0.1, 0.15) is 12.2 Å². The standard InChI is InChI=1S/C28H17ClO/c29-16-13-14-21-24(15-16)19-9-2-1-7-17(19)18-8-3-4-10-20(18)25-26(21)28-23-12-6-5-11-22(23)27(25)30-28/h1-15,27-28H. The van der Waals surface area contributed by atoms with Crippen LogP contribution >= 0.6 is 11.6 Å². The second-order valence-corrected chi connectivity index (χ2v) is 8.57. The van der Waals surface area contributed by atoms with Gasteiger partial charge in [-0.25, -0.2) is 0 Å². The Hall–Kier alpha value is -3.13. The average Bonchev–Trinajstić information content (AvgIpc) is 3.35. The van der Waals surface area contributed by atoms with E-state index in [4.69, 9.17) is 16.3 Å². The van der Waals surface area contributed by atoms with E-state index in [1.54, 1.807) is 0 Å². The highest BCUT2D eigenvalue weighted by molar-refractivity contribution is 6.31. The summed E-state index contributed by atoms with van der Waals surface area (Å²) in [6.07, 6.45) is -0.0735. The molecule has 2 unspecified atom stereocenters. The molecule has 30 heavy (non-hydrogen) atoms. The van der Waals surface area contributed by atoms with Crippen LogP contribution in [0.15, 0.2) is 91.0 Å². The Bertz CT molecular complexity index is 1400. The third-order valence-corrected chi connectivity index (χ3v) is 6.88. The maximum absolute atomic E-state index is 6.64. The van der Waals surface area contributed by atoms with Crippen molar-refractivity contribution in [1.82, 2.24) is 0 Å². The number of fused-ring (bicyclic) bond motifs is 14. The van der Waals surface area contributed by atoms with Crippen molar-refractivity contribution < 1.29 is 4.74 Å². The molecule has 3 aliphatic rings. The quantitative estimate of drug-likeness (QED) is 0.291. The molecule has 1 nitrogen and oxygen atoms in total. The Labute approximate surface area is 180 Å². The third kappa shape index (κ3) is 2.06. The zero-order valence-corrected chi connectivity index (χ0v) is 16.9. The van der Waals surface area contributed by atoms with Gasteiger partial charge in [-0.3, -0.25) is 0 Å². The lowest BCUT2D eigenvalue weighted by Crippen LogP contribution is -2.08. The summed E-state index contributed by atoms with van der Waals surface area (Å²) in [7, 11) is 0. The number of halogens is 1. The molecule has 2 heteroatoms. The molecule has 0 radical (unpaired) electrons. The van der Waals surface area contributed by atoms with Crippen LogP contribution in [0, 0.1) is 0 Å². The first-order chi connectivity index (χ1) is 14.8. The SMILES string of the molecule is Clc1ccc2c(c1)-c1ccccc1-c1ccccc1C1=C2C2OC1c1ccccc12. The van der Waals surface area contributed by atoms with Crippen LogP contribution in [0.25, 0.3) is 33.4 Å². The van der Waals surface area contributed by atoms with E-state index in [1.807, 2.05) is 6.07 Å². The molecule has 0 N–H and O–H groups in total. The first-order valence-corrected chi connectivity index (χ1v) is 10.7. The van der Waals surface area contributed by atoms with E-state index >= 15 is 0 Å². The summed E-state index contributed by atoms with van der Waals surface area (Å²) < 4.78 is 6.64. The summed E-state index contributed by atoms with van der Waals surface area (Å²) in [5.74, 6) is 0. The minimum absolute atomic E-state index is 0.0314. The molecule has 142 valence electrons. The van der Waals surface area contributed by atoms with Gasteiger partial charge in [0.2, 0.25) is 0 Å². The smallest absolute Gasteiger partial charge is 0.110 e. The topological polar surface area (TPSA) is 9.23 Å². The Morgan fingerprint density at radius 2 is 0.967 bits per heavy atom. The molecule has 2 bridgehead atoms. The second kappa shape index (κ2) is 5.95. The van der Waals surface area contributed by atoms with Crippen molar-refractivity contribution in [3.8, 4) is 22.3 Å². The molecule has 1 aliphatic carbocycles. The summed E-state index contributed by atoms with van der Waals surface area (Å²) >= 11 is 6.49. The van der Waals surface area contributed by atoms with Crippen molar-refractivity contribution in [3.05, 3.63) is 118 Å². The lowest BCUT2D eigenvalue weighted by molar-refractivity contribution is 0.0955. The number of rotatable bonds is 0. The monoisotopic (exact) mass is 404 g/mol. The normalized spacial score (nSPS) is 19.9. The van der Waals surface area contributed by atoms with Gasteiger partial charge in [-0.2, -0.15) is 0 Å². The summed E-state index contributed by atoms with van der Waals surface area (Å²) in [5.41, 5.74) is 12.5. The number of ether oxygens (including phenoxy) is 1. The van der Waals surface area contributed by atoms with Crippen LogP contribution in [0.3, 0.4) is 0 Å². The highest BCUT2D eigenvalue weighted by atomic mass is 35.5. The minimum Gasteiger partial charge on any atom is -0.356 e. The van der Waals surface area contributed by atoms with Gasteiger partial charge in [-0.15, -0.1) is 0 Å². The van der Waals surface area contributed by atoms with E-state index in [2.05, 4.69) is 84.9 Å². The van der Waals surface area contributed by atoms with Crippen LogP contribution in [0.5, 0.6) is 0 Å². The van der Waals surface area contributed by atoms with Crippen molar-refractivity contribution in [1.29, 1.82) is 0 Å². The third-order valence-electron chi connectivity index (χ3n) is 6.64. The van der Waals surface area contributed by atoms with Gasteiger partial charge in [0.15, 0.2) is 0 Å². The van der Waals surface area contributed by atoms with Crippen LogP contribution in [0.2, 0.25) is 5.02 Å². The summed E-state index contributed by atoms with van der Waals surface area (Å²) in [5, 5.41) is 0.754. The van der Waals surface area contributed by atoms with Gasteiger partial charge >= 0.3 is 0 Å². The number of hydrogen-bond donors (Lipinski definition) is 0. The first kappa shape index (κ1) is 16.6. The van der Waals surface area contributed by atoms with E-state index in [1.165, 1.54) is 55.7 Å². The van der Waals surface area contributed by atoms with Crippen molar-refractivity contribution in [3.63, 3.8) is 0 Å². The lowest BCUT2D eigenvalue weighted by Gasteiger charge is -2.27. The fraction of sp³-hybridized carbons (Fsp3) is 0.0714. The molecule has 0 fully saturated rings. The van der Waals surface area contributed by atoms with Crippen molar-refractivity contribution >= 4 is 22.7 Å². The lowest BCUT2D eigenvalue weighted by atomic mass is 9.74.